The maximum atomic E-state index is 10.5. The second-order valence-corrected chi connectivity index (χ2v) is 1.65. The molecule has 0 aromatic rings. The van der Waals surface area contributed by atoms with Gasteiger partial charge in [0, 0.05) is 13.7 Å². The molecule has 0 bridgehead atoms. The Morgan fingerprint density at radius 1 is 1.70 bits per heavy atom. The maximum Gasteiger partial charge on any atom is 0.248 e. The molecule has 0 aromatic heterocycles. The largest absolute Gasteiger partial charge is 0.383 e. The lowest BCUT2D eigenvalue weighted by Crippen LogP contribution is -2.31. The van der Waals surface area contributed by atoms with Crippen molar-refractivity contribution >= 4 is 5.91 Å². The first-order valence-corrected chi connectivity index (χ1v) is 2.88. The van der Waals surface area contributed by atoms with Crippen LogP contribution in [0.4, 0.5) is 0 Å². The predicted molar refractivity (Wildman–Crippen MR) is 35.0 cm³/mol. The van der Waals surface area contributed by atoms with Crippen molar-refractivity contribution in [3.8, 4) is 0 Å². The van der Waals surface area contributed by atoms with Crippen molar-refractivity contribution in [1.29, 1.82) is 0 Å². The summed E-state index contributed by atoms with van der Waals surface area (Å²) < 4.78 is 4.68. The van der Waals surface area contributed by atoms with Crippen molar-refractivity contribution in [2.45, 2.75) is 0 Å². The number of hydrogen-bond donors (Lipinski definition) is 2. The normalized spacial score (nSPS) is 9.40. The minimum absolute atomic E-state index is 0.107. The lowest BCUT2D eigenvalue weighted by Gasteiger charge is -2.01. The van der Waals surface area contributed by atoms with Crippen LogP contribution in [0.1, 0.15) is 0 Å². The third-order valence-electron chi connectivity index (χ3n) is 0.843. The topological polar surface area (TPSA) is 73.6 Å². The Balaban J connectivity index is 3.05. The Morgan fingerprint density at radius 3 is 2.90 bits per heavy atom. The van der Waals surface area contributed by atoms with Gasteiger partial charge < -0.3 is 10.1 Å². The summed E-state index contributed by atoms with van der Waals surface area (Å²) in [5.41, 5.74) is 0. The molecule has 1 amide bonds. The highest BCUT2D eigenvalue weighted by atomic mass is 16.6. The van der Waals surface area contributed by atoms with Gasteiger partial charge in [-0.2, -0.15) is 0 Å². The fourth-order valence-corrected chi connectivity index (χ4v) is 0.419. The molecule has 3 N–H and O–H groups in total. The van der Waals surface area contributed by atoms with E-state index in [1.54, 1.807) is 7.11 Å². The number of methoxy groups -OCH3 is 1. The second kappa shape index (κ2) is 6.47. The molecule has 0 fully saturated rings. The fourth-order valence-electron chi connectivity index (χ4n) is 0.419. The lowest BCUT2D eigenvalue weighted by atomic mass is 10.6. The molecule has 0 aromatic carbocycles. The Labute approximate surface area is 59.4 Å². The van der Waals surface area contributed by atoms with E-state index in [1.165, 1.54) is 0 Å². The molecule has 0 aliphatic carbocycles. The van der Waals surface area contributed by atoms with Gasteiger partial charge in [-0.05, 0) is 0 Å². The van der Waals surface area contributed by atoms with Gasteiger partial charge in [-0.25, -0.2) is 5.90 Å². The van der Waals surface area contributed by atoms with Crippen LogP contribution >= 0.6 is 0 Å². The highest BCUT2D eigenvalue weighted by Crippen LogP contribution is 1.67. The molecule has 10 heavy (non-hydrogen) atoms. The monoisotopic (exact) mass is 148 g/mol. The second-order valence-electron chi connectivity index (χ2n) is 1.65. The molecule has 5 heteroatoms. The summed E-state index contributed by atoms with van der Waals surface area (Å²) in [6.45, 7) is 0.874. The number of amides is 1. The van der Waals surface area contributed by atoms with Crippen molar-refractivity contribution in [1.82, 2.24) is 5.32 Å². The number of hydrogen-bond acceptors (Lipinski definition) is 4. The number of carbonyl (C=O) groups is 1. The third kappa shape index (κ3) is 5.49. The number of rotatable bonds is 5. The van der Waals surface area contributed by atoms with Crippen LogP contribution in [0, 0.1) is 0 Å². The third-order valence-corrected chi connectivity index (χ3v) is 0.843. The van der Waals surface area contributed by atoms with Gasteiger partial charge in [-0.3, -0.25) is 9.63 Å². The predicted octanol–water partition coefficient (Wildman–Crippen LogP) is -1.36. The van der Waals surface area contributed by atoms with Crippen LogP contribution < -0.4 is 11.2 Å². The molecule has 0 aliphatic heterocycles. The molecule has 0 rings (SSSR count). The zero-order valence-electron chi connectivity index (χ0n) is 5.92. The first kappa shape index (κ1) is 9.35. The van der Waals surface area contributed by atoms with Crippen LogP contribution in [0.2, 0.25) is 0 Å². The summed E-state index contributed by atoms with van der Waals surface area (Å²) in [7, 11) is 1.56. The van der Waals surface area contributed by atoms with E-state index in [0.29, 0.717) is 13.2 Å². The zero-order chi connectivity index (χ0) is 7.82. The molecule has 5 nitrogen and oxygen atoms in total. The molecule has 0 heterocycles. The van der Waals surface area contributed by atoms with Crippen LogP contribution in [-0.4, -0.2) is 32.8 Å². The number of carbonyl (C=O) groups excluding carboxylic acids is 1. The molecule has 60 valence electrons. The van der Waals surface area contributed by atoms with Gasteiger partial charge in [0.2, 0.25) is 5.91 Å². The van der Waals surface area contributed by atoms with Crippen LogP contribution in [0.15, 0.2) is 0 Å². The summed E-state index contributed by atoms with van der Waals surface area (Å²) in [4.78, 5) is 14.6. The summed E-state index contributed by atoms with van der Waals surface area (Å²) in [5.74, 6) is 4.41. The zero-order valence-corrected chi connectivity index (χ0v) is 5.92. The number of ether oxygens (including phenoxy) is 1. The van der Waals surface area contributed by atoms with Gasteiger partial charge >= 0.3 is 0 Å². The van der Waals surface area contributed by atoms with E-state index in [9.17, 15) is 4.79 Å². The standard InChI is InChI=1S/C5H12N2O3/c1-9-3-2-7-5(8)4-10-6/h2-4,6H2,1H3,(H,7,8). The lowest BCUT2D eigenvalue weighted by molar-refractivity contribution is -0.125. The average Bonchev–Trinajstić information content (AvgIpc) is 1.89. The number of nitrogens with two attached hydrogens (primary N) is 1. The molecule has 0 atom stereocenters. The SMILES string of the molecule is COCCNC(=O)CON. The molecule has 0 saturated heterocycles. The van der Waals surface area contributed by atoms with E-state index in [0.717, 1.165) is 0 Å². The molecule has 0 aliphatic rings. The molecular weight excluding hydrogens is 136 g/mol. The maximum absolute atomic E-state index is 10.5. The Morgan fingerprint density at radius 2 is 2.40 bits per heavy atom. The quantitative estimate of drug-likeness (QED) is 0.373. The van der Waals surface area contributed by atoms with Crippen molar-refractivity contribution in [3.63, 3.8) is 0 Å². The average molecular weight is 148 g/mol. The number of nitrogens with one attached hydrogen (secondary N) is 1. The van der Waals surface area contributed by atoms with Crippen molar-refractivity contribution < 1.29 is 14.4 Å². The molecule has 0 unspecified atom stereocenters. The first-order chi connectivity index (χ1) is 4.81. The van der Waals surface area contributed by atoms with Gasteiger partial charge in [-0.15, -0.1) is 0 Å². The summed E-state index contributed by atoms with van der Waals surface area (Å²) in [5, 5.41) is 2.52. The fraction of sp³-hybridized carbons (Fsp3) is 0.800. The minimum atomic E-state index is -0.237. The van der Waals surface area contributed by atoms with E-state index >= 15 is 0 Å². The van der Waals surface area contributed by atoms with Crippen molar-refractivity contribution in [2.75, 3.05) is 26.9 Å². The van der Waals surface area contributed by atoms with Gasteiger partial charge in [0.1, 0.15) is 6.61 Å². The van der Waals surface area contributed by atoms with E-state index in [-0.39, 0.29) is 12.5 Å². The smallest absolute Gasteiger partial charge is 0.248 e. The molecule has 0 spiro atoms. The summed E-state index contributed by atoms with van der Waals surface area (Å²) in [6.07, 6.45) is 0. The summed E-state index contributed by atoms with van der Waals surface area (Å²) >= 11 is 0. The van der Waals surface area contributed by atoms with Crippen LogP contribution in [0.3, 0.4) is 0 Å². The Kier molecular flexibility index (Phi) is 6.05. The Hall–Kier alpha value is -0.650. The van der Waals surface area contributed by atoms with E-state index in [1.807, 2.05) is 0 Å². The minimum Gasteiger partial charge on any atom is -0.383 e. The van der Waals surface area contributed by atoms with Crippen molar-refractivity contribution in [3.05, 3.63) is 0 Å². The van der Waals surface area contributed by atoms with E-state index < -0.39 is 0 Å². The van der Waals surface area contributed by atoms with Crippen LogP contribution in [0.5, 0.6) is 0 Å². The van der Waals surface area contributed by atoms with E-state index in [4.69, 9.17) is 0 Å². The van der Waals surface area contributed by atoms with Gasteiger partial charge in [0.25, 0.3) is 0 Å². The van der Waals surface area contributed by atoms with Gasteiger partial charge in [0.05, 0.1) is 6.61 Å². The molecule has 0 saturated carbocycles. The molecular formula is C5H12N2O3. The van der Waals surface area contributed by atoms with Gasteiger partial charge in [-0.1, -0.05) is 0 Å². The Bertz CT molecular complexity index is 96.9. The van der Waals surface area contributed by atoms with Gasteiger partial charge in [0.15, 0.2) is 0 Å². The first-order valence-electron chi connectivity index (χ1n) is 2.88. The van der Waals surface area contributed by atoms with Crippen LogP contribution in [-0.2, 0) is 14.4 Å². The van der Waals surface area contributed by atoms with E-state index in [2.05, 4.69) is 20.8 Å². The molecule has 0 radical (unpaired) electrons. The van der Waals surface area contributed by atoms with Crippen molar-refractivity contribution in [2.24, 2.45) is 5.90 Å². The highest BCUT2D eigenvalue weighted by Gasteiger charge is 1.96. The summed E-state index contributed by atoms with van der Waals surface area (Å²) in [6, 6.07) is 0. The van der Waals surface area contributed by atoms with Crippen LogP contribution in [0.25, 0.3) is 0 Å². The highest BCUT2D eigenvalue weighted by molar-refractivity contribution is 5.77.